The molecule has 0 saturated heterocycles. The molecule has 0 aliphatic heterocycles. The van der Waals surface area contributed by atoms with Crippen LogP contribution >= 0.6 is 0 Å². The molecule has 0 aromatic heterocycles. The lowest BCUT2D eigenvalue weighted by Crippen LogP contribution is -2.19. The highest BCUT2D eigenvalue weighted by atomic mass is 16.5. The maximum atomic E-state index is 12.4. The highest BCUT2D eigenvalue weighted by molar-refractivity contribution is 6.24. The fourth-order valence-corrected chi connectivity index (χ4v) is 1.56. The fraction of sp³-hybridized carbons (Fsp3) is 0.267. The Labute approximate surface area is 118 Å². The van der Waals surface area contributed by atoms with E-state index in [1.807, 2.05) is 6.07 Å². The van der Waals surface area contributed by atoms with Gasteiger partial charge >= 0.3 is 5.97 Å². The molecule has 0 spiro atoms. The molecule has 5 heteroatoms. The van der Waals surface area contributed by atoms with Gasteiger partial charge in [-0.25, -0.2) is 4.79 Å². The number of nitriles is 1. The Kier molecular flexibility index (Phi) is 5.48. The Hall–Kier alpha value is -2.61. The van der Waals surface area contributed by atoms with Crippen molar-refractivity contribution in [2.75, 3.05) is 20.7 Å². The number of hydrogen-bond donors (Lipinski definition) is 0. The molecule has 0 amide bonds. The molecule has 1 aromatic rings. The Morgan fingerprint density at radius 1 is 1.40 bits per heavy atom. The summed E-state index contributed by atoms with van der Waals surface area (Å²) in [4.78, 5) is 25.8. The Morgan fingerprint density at radius 3 is 2.65 bits per heavy atom. The largest absolute Gasteiger partial charge is 0.462 e. The SMILES string of the molecule is CCOC(=O)C(=CN(C)C)C(=O)c1cccc(C#N)c1. The lowest BCUT2D eigenvalue weighted by Gasteiger charge is -2.10. The molecule has 0 saturated carbocycles. The molecule has 0 atom stereocenters. The summed E-state index contributed by atoms with van der Waals surface area (Å²) >= 11 is 0. The predicted octanol–water partition coefficient (Wildman–Crippen LogP) is 1.75. The first-order chi connectivity index (χ1) is 9.49. The molecule has 5 nitrogen and oxygen atoms in total. The summed E-state index contributed by atoms with van der Waals surface area (Å²) in [6, 6.07) is 8.16. The van der Waals surface area contributed by atoms with Gasteiger partial charge in [-0.3, -0.25) is 4.79 Å². The maximum absolute atomic E-state index is 12.4. The van der Waals surface area contributed by atoms with Crippen LogP contribution in [0.5, 0.6) is 0 Å². The topological polar surface area (TPSA) is 70.4 Å². The maximum Gasteiger partial charge on any atom is 0.343 e. The highest BCUT2D eigenvalue weighted by Crippen LogP contribution is 2.12. The summed E-state index contributed by atoms with van der Waals surface area (Å²) in [6.45, 7) is 1.86. The number of carbonyl (C=O) groups excluding carboxylic acids is 2. The van der Waals surface area contributed by atoms with Crippen LogP contribution in [0.25, 0.3) is 0 Å². The third kappa shape index (κ3) is 3.95. The van der Waals surface area contributed by atoms with Crippen LogP contribution < -0.4 is 0 Å². The van der Waals surface area contributed by atoms with Gasteiger partial charge in [-0.05, 0) is 19.1 Å². The number of Topliss-reactive ketones (excluding diaryl/α,β-unsaturated/α-hetero) is 1. The quantitative estimate of drug-likeness (QED) is 0.268. The Morgan fingerprint density at radius 2 is 2.10 bits per heavy atom. The van der Waals surface area contributed by atoms with Crippen LogP contribution in [0.2, 0.25) is 0 Å². The minimum absolute atomic E-state index is 0.0630. The Bertz CT molecular complexity index is 583. The minimum atomic E-state index is -0.673. The normalized spacial score (nSPS) is 10.6. The average Bonchev–Trinajstić information content (AvgIpc) is 2.44. The first-order valence-electron chi connectivity index (χ1n) is 6.09. The first-order valence-corrected chi connectivity index (χ1v) is 6.09. The Balaban J connectivity index is 3.17. The van der Waals surface area contributed by atoms with Crippen LogP contribution in [0.4, 0.5) is 0 Å². The summed E-state index contributed by atoms with van der Waals surface area (Å²) in [6.07, 6.45) is 1.42. The number of benzene rings is 1. The molecule has 0 bridgehead atoms. The number of hydrogen-bond acceptors (Lipinski definition) is 5. The number of esters is 1. The van der Waals surface area contributed by atoms with Crippen LogP contribution in [0.1, 0.15) is 22.8 Å². The zero-order chi connectivity index (χ0) is 15.1. The second kappa shape index (κ2) is 7.10. The summed E-state index contributed by atoms with van der Waals surface area (Å²) in [7, 11) is 3.41. The minimum Gasteiger partial charge on any atom is -0.462 e. The summed E-state index contributed by atoms with van der Waals surface area (Å²) in [5, 5.41) is 8.85. The van der Waals surface area contributed by atoms with Crippen LogP contribution in [0, 0.1) is 11.3 Å². The van der Waals surface area contributed by atoms with Crippen molar-refractivity contribution in [2.24, 2.45) is 0 Å². The van der Waals surface area contributed by atoms with Gasteiger partial charge in [-0.15, -0.1) is 0 Å². The summed E-state index contributed by atoms with van der Waals surface area (Å²) in [5.74, 6) is -1.14. The number of ketones is 1. The van der Waals surface area contributed by atoms with E-state index in [2.05, 4.69) is 0 Å². The number of nitrogens with zero attached hydrogens (tertiary/aromatic N) is 2. The molecular formula is C15H16N2O3. The van der Waals surface area contributed by atoms with Crippen molar-refractivity contribution in [2.45, 2.75) is 6.92 Å². The van der Waals surface area contributed by atoms with Crippen molar-refractivity contribution >= 4 is 11.8 Å². The van der Waals surface area contributed by atoms with Crippen molar-refractivity contribution in [3.8, 4) is 6.07 Å². The van der Waals surface area contributed by atoms with Crippen LogP contribution in [-0.4, -0.2) is 37.4 Å². The molecule has 0 unspecified atom stereocenters. The van der Waals surface area contributed by atoms with E-state index in [1.165, 1.54) is 12.3 Å². The van der Waals surface area contributed by atoms with Crippen molar-refractivity contribution in [3.05, 3.63) is 47.2 Å². The lowest BCUT2D eigenvalue weighted by atomic mass is 10.0. The van der Waals surface area contributed by atoms with Gasteiger partial charge in [0, 0.05) is 25.9 Å². The summed E-state index contributed by atoms with van der Waals surface area (Å²) in [5.41, 5.74) is 0.584. The van der Waals surface area contributed by atoms with Crippen molar-refractivity contribution < 1.29 is 14.3 Å². The number of carbonyl (C=O) groups is 2. The van der Waals surface area contributed by atoms with E-state index in [0.717, 1.165) is 0 Å². The van der Waals surface area contributed by atoms with E-state index >= 15 is 0 Å². The second-order valence-electron chi connectivity index (χ2n) is 4.25. The van der Waals surface area contributed by atoms with Crippen molar-refractivity contribution in [1.29, 1.82) is 5.26 Å². The van der Waals surface area contributed by atoms with E-state index in [9.17, 15) is 9.59 Å². The lowest BCUT2D eigenvalue weighted by molar-refractivity contribution is -0.138. The van der Waals surface area contributed by atoms with Gasteiger partial charge < -0.3 is 9.64 Å². The monoisotopic (exact) mass is 272 g/mol. The van der Waals surface area contributed by atoms with E-state index in [1.54, 1.807) is 44.1 Å². The van der Waals surface area contributed by atoms with Crippen molar-refractivity contribution in [3.63, 3.8) is 0 Å². The third-order valence-electron chi connectivity index (χ3n) is 2.38. The third-order valence-corrected chi connectivity index (χ3v) is 2.38. The van der Waals surface area contributed by atoms with Crippen LogP contribution in [0.3, 0.4) is 0 Å². The van der Waals surface area contributed by atoms with Gasteiger partial charge in [0.1, 0.15) is 5.57 Å². The van der Waals surface area contributed by atoms with Gasteiger partial charge in [0.05, 0.1) is 18.2 Å². The van der Waals surface area contributed by atoms with E-state index in [-0.39, 0.29) is 17.7 Å². The molecule has 0 fully saturated rings. The van der Waals surface area contributed by atoms with E-state index in [0.29, 0.717) is 5.56 Å². The van der Waals surface area contributed by atoms with E-state index < -0.39 is 11.8 Å². The second-order valence-corrected chi connectivity index (χ2v) is 4.25. The van der Waals surface area contributed by atoms with Crippen LogP contribution in [-0.2, 0) is 9.53 Å². The molecule has 104 valence electrons. The highest BCUT2D eigenvalue weighted by Gasteiger charge is 2.21. The van der Waals surface area contributed by atoms with Gasteiger partial charge in [-0.1, -0.05) is 12.1 Å². The first kappa shape index (κ1) is 15.4. The average molecular weight is 272 g/mol. The zero-order valence-electron chi connectivity index (χ0n) is 11.7. The molecule has 0 aliphatic carbocycles. The van der Waals surface area contributed by atoms with Crippen LogP contribution in [0.15, 0.2) is 36.0 Å². The molecule has 0 radical (unpaired) electrons. The molecule has 0 heterocycles. The van der Waals surface area contributed by atoms with Gasteiger partial charge in [-0.2, -0.15) is 5.26 Å². The molecule has 0 aliphatic rings. The molecule has 1 rings (SSSR count). The van der Waals surface area contributed by atoms with Gasteiger partial charge in [0.2, 0.25) is 5.78 Å². The van der Waals surface area contributed by atoms with Crippen molar-refractivity contribution in [1.82, 2.24) is 4.90 Å². The number of rotatable bonds is 5. The standard InChI is InChI=1S/C15H16N2O3/c1-4-20-15(19)13(10-17(2)3)14(18)12-7-5-6-11(8-12)9-16/h5-8,10H,4H2,1-3H3. The molecular weight excluding hydrogens is 256 g/mol. The van der Waals surface area contributed by atoms with Gasteiger partial charge in [0.25, 0.3) is 0 Å². The predicted molar refractivity (Wildman–Crippen MR) is 73.9 cm³/mol. The number of ether oxygens (including phenoxy) is 1. The zero-order valence-corrected chi connectivity index (χ0v) is 11.7. The van der Waals surface area contributed by atoms with E-state index in [4.69, 9.17) is 10.00 Å². The molecule has 0 N–H and O–H groups in total. The molecule has 1 aromatic carbocycles. The van der Waals surface area contributed by atoms with Gasteiger partial charge in [0.15, 0.2) is 0 Å². The fourth-order valence-electron chi connectivity index (χ4n) is 1.56. The smallest absolute Gasteiger partial charge is 0.343 e. The molecule has 20 heavy (non-hydrogen) atoms. The summed E-state index contributed by atoms with van der Waals surface area (Å²) < 4.78 is 4.88.